The molecule has 156 valence electrons. The van der Waals surface area contributed by atoms with Gasteiger partial charge in [-0.25, -0.2) is 4.98 Å². The maximum Gasteiger partial charge on any atom is 0.263 e. The fraction of sp³-hybridized carbons (Fsp3) is 0.333. The molecule has 0 aliphatic carbocycles. The molecule has 29 heavy (non-hydrogen) atoms. The largest absolute Gasteiger partial charge is 0.459 e. The Morgan fingerprint density at radius 2 is 1.93 bits per heavy atom. The molecule has 0 spiro atoms. The van der Waals surface area contributed by atoms with Gasteiger partial charge in [0.2, 0.25) is 5.91 Å². The van der Waals surface area contributed by atoms with Gasteiger partial charge in [-0.2, -0.15) is 0 Å². The predicted molar refractivity (Wildman–Crippen MR) is 115 cm³/mol. The van der Waals surface area contributed by atoms with Crippen LogP contribution in [0.2, 0.25) is 0 Å². The number of benzene rings is 1. The third kappa shape index (κ3) is 4.83. The van der Waals surface area contributed by atoms with Crippen LogP contribution in [0.5, 0.6) is 0 Å². The van der Waals surface area contributed by atoms with Crippen LogP contribution in [0.25, 0.3) is 11.7 Å². The van der Waals surface area contributed by atoms with Gasteiger partial charge >= 0.3 is 0 Å². The van der Waals surface area contributed by atoms with Gasteiger partial charge in [-0.15, -0.1) is 24.8 Å². The molecule has 0 bridgehead atoms. The van der Waals surface area contributed by atoms with Crippen LogP contribution in [0.1, 0.15) is 22.9 Å². The number of furan rings is 1. The highest BCUT2D eigenvalue weighted by Gasteiger charge is 2.35. The lowest BCUT2D eigenvalue weighted by Crippen LogP contribution is -2.31. The molecule has 1 aliphatic rings. The van der Waals surface area contributed by atoms with Gasteiger partial charge in [-0.1, -0.05) is 30.3 Å². The fourth-order valence-corrected chi connectivity index (χ4v) is 3.74. The number of hydrogen-bond donors (Lipinski definition) is 1. The minimum atomic E-state index is 0. The Balaban J connectivity index is 0.00000150. The van der Waals surface area contributed by atoms with Crippen LogP contribution in [0.15, 0.2) is 57.6 Å². The van der Waals surface area contributed by atoms with Crippen molar-refractivity contribution in [3.05, 3.63) is 65.7 Å². The summed E-state index contributed by atoms with van der Waals surface area (Å²) in [5.74, 6) is 2.21. The number of likely N-dealkylation sites (tertiary alicyclic amines) is 1. The number of aryl methyl sites for hydroxylation is 1. The summed E-state index contributed by atoms with van der Waals surface area (Å²) in [7, 11) is 0. The van der Waals surface area contributed by atoms with Crippen molar-refractivity contribution < 1.29 is 13.6 Å². The number of halogens is 2. The third-order valence-electron chi connectivity index (χ3n) is 5.27. The average molecular weight is 438 g/mol. The number of hydrogen-bond acceptors (Lipinski definition) is 5. The van der Waals surface area contributed by atoms with Crippen LogP contribution in [-0.2, 0) is 11.2 Å². The molecule has 3 aromatic rings. The number of rotatable bonds is 5. The molecular formula is C21H25Cl2N3O3. The summed E-state index contributed by atoms with van der Waals surface area (Å²) < 4.78 is 11.0. The topological polar surface area (TPSA) is 85.5 Å². The molecule has 0 radical (unpaired) electrons. The van der Waals surface area contributed by atoms with E-state index in [9.17, 15) is 4.79 Å². The molecule has 1 fully saturated rings. The first-order chi connectivity index (χ1) is 13.2. The monoisotopic (exact) mass is 437 g/mol. The first-order valence-electron chi connectivity index (χ1n) is 9.18. The molecule has 0 saturated carbocycles. The number of carbonyl (C=O) groups excluding carboxylic acids is 1. The normalized spacial score (nSPS) is 18.2. The van der Waals surface area contributed by atoms with Gasteiger partial charge in [-0.3, -0.25) is 4.79 Å². The quantitative estimate of drug-likeness (QED) is 0.655. The summed E-state index contributed by atoms with van der Waals surface area (Å²) in [5, 5.41) is 0. The van der Waals surface area contributed by atoms with E-state index < -0.39 is 0 Å². The lowest BCUT2D eigenvalue weighted by Gasteiger charge is -2.16. The zero-order chi connectivity index (χ0) is 18.8. The van der Waals surface area contributed by atoms with Crippen LogP contribution >= 0.6 is 24.8 Å². The van der Waals surface area contributed by atoms with Crippen molar-refractivity contribution in [2.75, 3.05) is 19.6 Å². The van der Waals surface area contributed by atoms with Crippen molar-refractivity contribution in [3.63, 3.8) is 0 Å². The first kappa shape index (κ1) is 23.0. The molecule has 0 unspecified atom stereocenters. The van der Waals surface area contributed by atoms with Gasteiger partial charge in [0.05, 0.1) is 18.4 Å². The van der Waals surface area contributed by atoms with E-state index in [1.807, 2.05) is 30.0 Å². The third-order valence-corrected chi connectivity index (χ3v) is 5.27. The Kier molecular flexibility index (Phi) is 7.90. The molecule has 6 nitrogen and oxygen atoms in total. The molecular weight excluding hydrogens is 413 g/mol. The Hall–Kier alpha value is -2.28. The number of aromatic nitrogens is 1. The standard InChI is InChI=1S/C21H23N3O3.2ClH/c1-14-18(23-21(27-14)19-8-5-9-26-19)10-20(25)24-12-16(11-22)17(13-24)15-6-3-2-4-7-15;;/h2-9,16-17H,10-13,22H2,1H3;2*1H/t16-,17+;;/m1../s1. The van der Waals surface area contributed by atoms with Crippen molar-refractivity contribution in [2.45, 2.75) is 19.3 Å². The minimum absolute atomic E-state index is 0. The highest BCUT2D eigenvalue weighted by Crippen LogP contribution is 2.32. The van der Waals surface area contributed by atoms with Crippen molar-refractivity contribution in [1.82, 2.24) is 9.88 Å². The summed E-state index contributed by atoms with van der Waals surface area (Å²) in [6.45, 7) is 3.75. The second-order valence-corrected chi connectivity index (χ2v) is 6.99. The second kappa shape index (κ2) is 9.96. The summed E-state index contributed by atoms with van der Waals surface area (Å²) in [4.78, 5) is 19.2. The number of nitrogens with zero attached hydrogens (tertiary/aromatic N) is 2. The van der Waals surface area contributed by atoms with E-state index in [4.69, 9.17) is 14.6 Å². The lowest BCUT2D eigenvalue weighted by atomic mass is 9.89. The van der Waals surface area contributed by atoms with Crippen molar-refractivity contribution in [1.29, 1.82) is 0 Å². The highest BCUT2D eigenvalue weighted by molar-refractivity contribution is 5.85. The fourth-order valence-electron chi connectivity index (χ4n) is 3.74. The zero-order valence-electron chi connectivity index (χ0n) is 16.1. The molecule has 1 aromatic carbocycles. The van der Waals surface area contributed by atoms with Gasteiger partial charge in [0, 0.05) is 19.0 Å². The Labute approximate surface area is 182 Å². The molecule has 2 aromatic heterocycles. The van der Waals surface area contributed by atoms with Crippen LogP contribution in [-0.4, -0.2) is 35.4 Å². The molecule has 1 saturated heterocycles. The highest BCUT2D eigenvalue weighted by atomic mass is 35.5. The van der Waals surface area contributed by atoms with Crippen molar-refractivity contribution in [2.24, 2.45) is 11.7 Å². The lowest BCUT2D eigenvalue weighted by molar-refractivity contribution is -0.129. The number of amides is 1. The van der Waals surface area contributed by atoms with E-state index in [0.29, 0.717) is 42.7 Å². The maximum atomic E-state index is 12.9. The van der Waals surface area contributed by atoms with Crippen LogP contribution in [0.3, 0.4) is 0 Å². The molecule has 2 atom stereocenters. The van der Waals surface area contributed by atoms with E-state index in [2.05, 4.69) is 17.1 Å². The van der Waals surface area contributed by atoms with E-state index in [-0.39, 0.29) is 49.0 Å². The molecule has 1 amide bonds. The Morgan fingerprint density at radius 1 is 1.17 bits per heavy atom. The van der Waals surface area contributed by atoms with Gasteiger partial charge in [0.15, 0.2) is 5.76 Å². The van der Waals surface area contributed by atoms with E-state index >= 15 is 0 Å². The van der Waals surface area contributed by atoms with Gasteiger partial charge in [-0.05, 0) is 37.1 Å². The SMILES string of the molecule is Cc1oc(-c2ccco2)nc1CC(=O)N1C[C@@H](CN)[C@H](c2ccccc2)C1.Cl.Cl. The average Bonchev–Trinajstić information content (AvgIpc) is 3.42. The van der Waals surface area contributed by atoms with E-state index in [1.165, 1.54) is 5.56 Å². The van der Waals surface area contributed by atoms with Gasteiger partial charge in [0.25, 0.3) is 5.89 Å². The maximum absolute atomic E-state index is 12.9. The summed E-state index contributed by atoms with van der Waals surface area (Å²) in [6.07, 6.45) is 1.79. The predicted octanol–water partition coefficient (Wildman–Crippen LogP) is 3.83. The van der Waals surface area contributed by atoms with Gasteiger partial charge in [0.1, 0.15) is 5.76 Å². The summed E-state index contributed by atoms with van der Waals surface area (Å²) >= 11 is 0. The number of oxazole rings is 1. The Bertz CT molecular complexity index is 913. The molecule has 8 heteroatoms. The van der Waals surface area contributed by atoms with Crippen molar-refractivity contribution >= 4 is 30.7 Å². The molecule has 1 aliphatic heterocycles. The van der Waals surface area contributed by atoms with E-state index in [1.54, 1.807) is 18.4 Å². The zero-order valence-corrected chi connectivity index (χ0v) is 17.7. The van der Waals surface area contributed by atoms with Gasteiger partial charge < -0.3 is 19.5 Å². The Morgan fingerprint density at radius 3 is 2.59 bits per heavy atom. The summed E-state index contributed by atoms with van der Waals surface area (Å²) in [5.41, 5.74) is 7.87. The molecule has 3 heterocycles. The number of nitrogens with two attached hydrogens (primary N) is 1. The smallest absolute Gasteiger partial charge is 0.263 e. The van der Waals surface area contributed by atoms with Crippen molar-refractivity contribution in [3.8, 4) is 11.7 Å². The molecule has 4 rings (SSSR count). The first-order valence-corrected chi connectivity index (χ1v) is 9.18. The van der Waals surface area contributed by atoms with E-state index in [0.717, 1.165) is 0 Å². The minimum Gasteiger partial charge on any atom is -0.459 e. The molecule has 2 N–H and O–H groups in total. The van der Waals surface area contributed by atoms with Crippen LogP contribution < -0.4 is 5.73 Å². The second-order valence-electron chi connectivity index (χ2n) is 6.99. The summed E-state index contributed by atoms with van der Waals surface area (Å²) in [6, 6.07) is 13.8. The van der Waals surface area contributed by atoms with Crippen LogP contribution in [0.4, 0.5) is 0 Å². The number of carbonyl (C=O) groups is 1. The van der Waals surface area contributed by atoms with Crippen LogP contribution in [0, 0.1) is 12.8 Å².